The molecule has 0 spiro atoms. The van der Waals surface area contributed by atoms with Crippen molar-refractivity contribution in [1.29, 1.82) is 0 Å². The lowest BCUT2D eigenvalue weighted by molar-refractivity contribution is 0.304. The molecule has 100 valence electrons. The van der Waals surface area contributed by atoms with Crippen LogP contribution in [0.4, 0.5) is 4.39 Å². The zero-order chi connectivity index (χ0) is 13.7. The number of rotatable bonds is 5. The average Bonchev–Trinajstić information content (AvgIpc) is 2.42. The highest BCUT2D eigenvalue weighted by Gasteiger charge is 2.03. The van der Waals surface area contributed by atoms with E-state index in [9.17, 15) is 4.39 Å². The van der Waals surface area contributed by atoms with Crippen molar-refractivity contribution in [1.82, 2.24) is 0 Å². The van der Waals surface area contributed by atoms with Crippen LogP contribution in [0.15, 0.2) is 46.9 Å². The number of hydrogen-bond donors (Lipinski definition) is 1. The minimum atomic E-state index is -0.264. The highest BCUT2D eigenvalue weighted by Crippen LogP contribution is 2.20. The second-order valence-electron chi connectivity index (χ2n) is 4.21. The molecular formula is C15H15BrFNO. The van der Waals surface area contributed by atoms with Crippen LogP contribution in [0.25, 0.3) is 0 Å². The topological polar surface area (TPSA) is 35.2 Å². The Labute approximate surface area is 120 Å². The molecule has 0 unspecified atom stereocenters. The van der Waals surface area contributed by atoms with Gasteiger partial charge in [-0.05, 0) is 48.9 Å². The second kappa shape index (κ2) is 6.68. The molecule has 2 nitrogen and oxygen atoms in total. The normalized spacial score (nSPS) is 10.5. The summed E-state index contributed by atoms with van der Waals surface area (Å²) in [5.74, 6) is 0.497. The lowest BCUT2D eigenvalue weighted by Crippen LogP contribution is -2.02. The van der Waals surface area contributed by atoms with Crippen LogP contribution in [0.2, 0.25) is 0 Å². The van der Waals surface area contributed by atoms with Crippen molar-refractivity contribution in [3.63, 3.8) is 0 Å². The van der Waals surface area contributed by atoms with Crippen molar-refractivity contribution >= 4 is 15.9 Å². The van der Waals surface area contributed by atoms with Crippen LogP contribution >= 0.6 is 15.9 Å². The first-order valence-electron chi connectivity index (χ1n) is 6.05. The molecule has 2 aromatic rings. The number of ether oxygens (including phenoxy) is 1. The molecule has 0 atom stereocenters. The molecule has 2 rings (SSSR count). The van der Waals surface area contributed by atoms with E-state index < -0.39 is 0 Å². The molecule has 0 aromatic heterocycles. The molecular weight excluding hydrogens is 309 g/mol. The zero-order valence-electron chi connectivity index (χ0n) is 10.4. The lowest BCUT2D eigenvalue weighted by Gasteiger charge is -2.09. The SMILES string of the molecule is NCCc1ccc(OCc2cc(F)ccc2Br)cc1. The fraction of sp³-hybridized carbons (Fsp3) is 0.200. The maximum absolute atomic E-state index is 13.1. The highest BCUT2D eigenvalue weighted by atomic mass is 79.9. The van der Waals surface area contributed by atoms with Crippen LogP contribution < -0.4 is 10.5 Å². The molecule has 0 saturated carbocycles. The maximum atomic E-state index is 13.1. The summed E-state index contributed by atoms with van der Waals surface area (Å²) in [4.78, 5) is 0. The summed E-state index contributed by atoms with van der Waals surface area (Å²) in [6.45, 7) is 0.963. The molecule has 0 radical (unpaired) electrons. The first-order chi connectivity index (χ1) is 9.19. The summed E-state index contributed by atoms with van der Waals surface area (Å²) >= 11 is 3.38. The van der Waals surface area contributed by atoms with Crippen LogP contribution in [0, 0.1) is 5.82 Å². The van der Waals surface area contributed by atoms with E-state index in [1.54, 1.807) is 6.07 Å². The van der Waals surface area contributed by atoms with E-state index in [0.717, 1.165) is 22.2 Å². The summed E-state index contributed by atoms with van der Waals surface area (Å²) in [5, 5.41) is 0. The smallest absolute Gasteiger partial charge is 0.123 e. The first kappa shape index (κ1) is 14.0. The van der Waals surface area contributed by atoms with E-state index in [4.69, 9.17) is 10.5 Å². The van der Waals surface area contributed by atoms with Gasteiger partial charge in [0.1, 0.15) is 18.2 Å². The number of nitrogens with two attached hydrogens (primary N) is 1. The fourth-order valence-corrected chi connectivity index (χ4v) is 2.10. The van der Waals surface area contributed by atoms with Crippen molar-refractivity contribution in [2.24, 2.45) is 5.73 Å². The Balaban J connectivity index is 2.00. The van der Waals surface area contributed by atoms with Crippen LogP contribution in [0.1, 0.15) is 11.1 Å². The molecule has 2 N–H and O–H groups in total. The van der Waals surface area contributed by atoms with Crippen molar-refractivity contribution in [3.8, 4) is 5.75 Å². The van der Waals surface area contributed by atoms with Gasteiger partial charge in [0.15, 0.2) is 0 Å². The Morgan fingerprint density at radius 1 is 1.11 bits per heavy atom. The summed E-state index contributed by atoms with van der Waals surface area (Å²) in [6, 6.07) is 12.3. The van der Waals surface area contributed by atoms with Crippen molar-refractivity contribution in [2.75, 3.05) is 6.54 Å². The van der Waals surface area contributed by atoms with E-state index in [1.165, 1.54) is 17.7 Å². The van der Waals surface area contributed by atoms with E-state index in [0.29, 0.717) is 13.2 Å². The van der Waals surface area contributed by atoms with Crippen molar-refractivity contribution in [3.05, 3.63) is 63.9 Å². The fourth-order valence-electron chi connectivity index (χ4n) is 1.73. The minimum Gasteiger partial charge on any atom is -0.489 e. The Bertz CT molecular complexity index is 542. The van der Waals surface area contributed by atoms with Crippen LogP contribution in [-0.2, 0) is 13.0 Å². The van der Waals surface area contributed by atoms with Crippen molar-refractivity contribution in [2.45, 2.75) is 13.0 Å². The van der Waals surface area contributed by atoms with Gasteiger partial charge in [0.2, 0.25) is 0 Å². The second-order valence-corrected chi connectivity index (χ2v) is 5.06. The van der Waals surface area contributed by atoms with Gasteiger partial charge >= 0.3 is 0 Å². The zero-order valence-corrected chi connectivity index (χ0v) is 12.0. The van der Waals surface area contributed by atoms with Crippen LogP contribution in [0.5, 0.6) is 5.75 Å². The van der Waals surface area contributed by atoms with Gasteiger partial charge < -0.3 is 10.5 Å². The quantitative estimate of drug-likeness (QED) is 0.911. The third-order valence-corrected chi connectivity index (χ3v) is 3.53. The third kappa shape index (κ3) is 4.04. The number of benzene rings is 2. The Kier molecular flexibility index (Phi) is 4.93. The average molecular weight is 324 g/mol. The third-order valence-electron chi connectivity index (χ3n) is 2.76. The largest absolute Gasteiger partial charge is 0.489 e. The summed E-state index contributed by atoms with van der Waals surface area (Å²) < 4.78 is 19.6. The van der Waals surface area contributed by atoms with Crippen LogP contribution in [-0.4, -0.2) is 6.54 Å². The first-order valence-corrected chi connectivity index (χ1v) is 6.84. The lowest BCUT2D eigenvalue weighted by atomic mass is 10.1. The number of halogens is 2. The molecule has 4 heteroatoms. The molecule has 0 aliphatic rings. The maximum Gasteiger partial charge on any atom is 0.123 e. The summed E-state index contributed by atoms with van der Waals surface area (Å²) in [5.41, 5.74) is 7.46. The van der Waals surface area contributed by atoms with Gasteiger partial charge in [0.25, 0.3) is 0 Å². The molecule has 0 heterocycles. The minimum absolute atomic E-state index is 0.264. The summed E-state index contributed by atoms with van der Waals surface area (Å²) in [6.07, 6.45) is 0.857. The molecule has 0 aliphatic carbocycles. The molecule has 0 fully saturated rings. The van der Waals surface area contributed by atoms with Gasteiger partial charge in [0, 0.05) is 10.0 Å². The van der Waals surface area contributed by atoms with E-state index in [-0.39, 0.29) is 5.82 Å². The predicted octanol–water partition coefficient (Wildman–Crippen LogP) is 3.67. The molecule has 19 heavy (non-hydrogen) atoms. The molecule has 0 amide bonds. The predicted molar refractivity (Wildman–Crippen MR) is 77.6 cm³/mol. The Morgan fingerprint density at radius 3 is 2.53 bits per heavy atom. The monoisotopic (exact) mass is 323 g/mol. The van der Waals surface area contributed by atoms with Gasteiger partial charge in [-0.25, -0.2) is 4.39 Å². The van der Waals surface area contributed by atoms with Crippen molar-refractivity contribution < 1.29 is 9.13 Å². The van der Waals surface area contributed by atoms with E-state index in [2.05, 4.69) is 15.9 Å². The van der Waals surface area contributed by atoms with Crippen LogP contribution in [0.3, 0.4) is 0 Å². The summed E-state index contributed by atoms with van der Waals surface area (Å²) in [7, 11) is 0. The van der Waals surface area contributed by atoms with Gasteiger partial charge in [-0.3, -0.25) is 0 Å². The Morgan fingerprint density at radius 2 is 1.84 bits per heavy atom. The van der Waals surface area contributed by atoms with E-state index >= 15 is 0 Å². The molecule has 0 aliphatic heterocycles. The number of hydrogen-bond acceptors (Lipinski definition) is 2. The van der Waals surface area contributed by atoms with Gasteiger partial charge in [-0.15, -0.1) is 0 Å². The van der Waals surface area contributed by atoms with Gasteiger partial charge in [-0.2, -0.15) is 0 Å². The molecule has 0 bridgehead atoms. The van der Waals surface area contributed by atoms with Gasteiger partial charge in [0.05, 0.1) is 0 Å². The standard InChI is InChI=1S/C15H15BrFNO/c16-15-6-3-13(17)9-12(15)10-19-14-4-1-11(2-5-14)7-8-18/h1-6,9H,7-8,10,18H2. The van der Waals surface area contributed by atoms with E-state index in [1.807, 2.05) is 24.3 Å². The van der Waals surface area contributed by atoms with Gasteiger partial charge in [-0.1, -0.05) is 28.1 Å². The Hall–Kier alpha value is -1.39. The molecule has 0 saturated heterocycles. The highest BCUT2D eigenvalue weighted by molar-refractivity contribution is 9.10. The molecule has 2 aromatic carbocycles.